The molecule has 1 atom stereocenters. The molecule has 0 aliphatic carbocycles. The number of benzene rings is 2. The topological polar surface area (TPSA) is 45.3 Å². The number of amides is 1. The van der Waals surface area contributed by atoms with E-state index in [9.17, 15) is 4.79 Å². The number of aromatic nitrogens is 1. The highest BCUT2D eigenvalue weighted by Crippen LogP contribution is 2.38. The lowest BCUT2D eigenvalue weighted by molar-refractivity contribution is -0.137. The van der Waals surface area contributed by atoms with Crippen molar-refractivity contribution in [1.82, 2.24) is 9.88 Å². The van der Waals surface area contributed by atoms with Gasteiger partial charge in [-0.15, -0.1) is 0 Å². The van der Waals surface area contributed by atoms with Crippen molar-refractivity contribution >= 4 is 16.8 Å². The number of carbonyl (C=O) groups excluding carboxylic acids is 1. The number of hydrogen-bond acceptors (Lipinski definition) is 2. The van der Waals surface area contributed by atoms with Crippen molar-refractivity contribution in [1.29, 1.82) is 0 Å². The van der Waals surface area contributed by atoms with Crippen LogP contribution in [0.3, 0.4) is 0 Å². The van der Waals surface area contributed by atoms with Gasteiger partial charge in [0, 0.05) is 30.3 Å². The predicted molar refractivity (Wildman–Crippen MR) is 98.6 cm³/mol. The van der Waals surface area contributed by atoms with Gasteiger partial charge in [0.2, 0.25) is 5.91 Å². The van der Waals surface area contributed by atoms with E-state index in [1.165, 1.54) is 16.5 Å². The number of nitrogens with one attached hydrogen (secondary N) is 1. The zero-order valence-corrected chi connectivity index (χ0v) is 14.6. The molecular weight excluding hydrogens is 312 g/mol. The van der Waals surface area contributed by atoms with E-state index in [2.05, 4.69) is 54.4 Å². The van der Waals surface area contributed by atoms with Crippen LogP contribution in [0.15, 0.2) is 48.5 Å². The third-order valence-electron chi connectivity index (χ3n) is 4.98. The van der Waals surface area contributed by atoms with Gasteiger partial charge in [-0.05, 0) is 30.5 Å². The maximum Gasteiger partial charge on any atom is 0.249 e. The molecule has 128 valence electrons. The Hall–Kier alpha value is -2.59. The Kier molecular flexibility index (Phi) is 4.06. The highest BCUT2D eigenvalue weighted by Gasteiger charge is 2.34. The van der Waals surface area contributed by atoms with Crippen LogP contribution in [0.25, 0.3) is 10.9 Å². The number of nitrogens with zero attached hydrogens (tertiary/aromatic N) is 1. The molecule has 3 aromatic rings. The standard InChI is InChI=1S/C21H22N2O2/c1-14-6-5-7-15(12-14)21-20-17(10-11-23(21)19(24)13-25-2)16-8-3-4-9-18(16)22-20/h3-9,12,21-22H,10-11,13H2,1-2H3. The van der Waals surface area contributed by atoms with E-state index in [0.29, 0.717) is 6.54 Å². The predicted octanol–water partition coefficient (Wildman–Crippen LogP) is 3.60. The summed E-state index contributed by atoms with van der Waals surface area (Å²) >= 11 is 0. The van der Waals surface area contributed by atoms with Crippen molar-refractivity contribution in [3.05, 3.63) is 70.9 Å². The van der Waals surface area contributed by atoms with Gasteiger partial charge in [-0.25, -0.2) is 0 Å². The van der Waals surface area contributed by atoms with Crippen LogP contribution in [0.1, 0.15) is 28.4 Å². The van der Waals surface area contributed by atoms with Gasteiger partial charge in [-0.3, -0.25) is 4.79 Å². The molecule has 1 amide bonds. The van der Waals surface area contributed by atoms with Gasteiger partial charge in [0.05, 0.1) is 6.04 Å². The molecular formula is C21H22N2O2. The summed E-state index contributed by atoms with van der Waals surface area (Å²) in [5.41, 5.74) is 5.91. The maximum absolute atomic E-state index is 12.7. The molecule has 1 unspecified atom stereocenters. The van der Waals surface area contributed by atoms with E-state index in [4.69, 9.17) is 4.74 Å². The molecule has 0 saturated carbocycles. The van der Waals surface area contributed by atoms with Crippen LogP contribution in [-0.4, -0.2) is 36.1 Å². The first-order chi connectivity index (χ1) is 12.2. The quantitative estimate of drug-likeness (QED) is 0.795. The zero-order chi connectivity index (χ0) is 17.4. The molecule has 0 fully saturated rings. The van der Waals surface area contributed by atoms with E-state index in [1.807, 2.05) is 11.0 Å². The molecule has 0 radical (unpaired) electrons. The average molecular weight is 334 g/mol. The summed E-state index contributed by atoms with van der Waals surface area (Å²) in [7, 11) is 1.57. The molecule has 1 aliphatic rings. The number of aryl methyl sites for hydroxylation is 1. The smallest absolute Gasteiger partial charge is 0.249 e. The number of methoxy groups -OCH3 is 1. The minimum atomic E-state index is -0.0984. The summed E-state index contributed by atoms with van der Waals surface area (Å²) in [4.78, 5) is 18.2. The Morgan fingerprint density at radius 2 is 2.08 bits per heavy atom. The van der Waals surface area contributed by atoms with Crippen molar-refractivity contribution in [2.75, 3.05) is 20.3 Å². The number of fused-ring (bicyclic) bond motifs is 3. The summed E-state index contributed by atoms with van der Waals surface area (Å²) in [6.45, 7) is 2.90. The van der Waals surface area contributed by atoms with E-state index >= 15 is 0 Å². The number of para-hydroxylation sites is 1. The second kappa shape index (κ2) is 6.37. The van der Waals surface area contributed by atoms with Crippen LogP contribution in [-0.2, 0) is 16.0 Å². The molecule has 1 aliphatic heterocycles. The van der Waals surface area contributed by atoms with Crippen molar-refractivity contribution in [3.8, 4) is 0 Å². The normalized spacial score (nSPS) is 16.9. The number of carbonyl (C=O) groups is 1. The summed E-state index contributed by atoms with van der Waals surface area (Å²) in [6.07, 6.45) is 0.858. The monoisotopic (exact) mass is 334 g/mol. The van der Waals surface area contributed by atoms with Gasteiger partial charge in [-0.1, -0.05) is 48.0 Å². The van der Waals surface area contributed by atoms with Crippen molar-refractivity contribution in [2.24, 2.45) is 0 Å². The third-order valence-corrected chi connectivity index (χ3v) is 4.98. The molecule has 25 heavy (non-hydrogen) atoms. The number of hydrogen-bond donors (Lipinski definition) is 1. The highest BCUT2D eigenvalue weighted by molar-refractivity contribution is 5.86. The minimum Gasteiger partial charge on any atom is -0.375 e. The number of ether oxygens (including phenoxy) is 1. The Labute approximate surface area is 147 Å². The van der Waals surface area contributed by atoms with Crippen LogP contribution in [0.4, 0.5) is 0 Å². The summed E-state index contributed by atoms with van der Waals surface area (Å²) in [5.74, 6) is 0.0262. The Bertz CT molecular complexity index is 929. The third kappa shape index (κ3) is 2.72. The van der Waals surface area contributed by atoms with Crippen LogP contribution < -0.4 is 0 Å². The van der Waals surface area contributed by atoms with Crippen LogP contribution in [0, 0.1) is 6.92 Å². The minimum absolute atomic E-state index is 0.0262. The summed E-state index contributed by atoms with van der Waals surface area (Å²) in [6, 6.07) is 16.7. The average Bonchev–Trinajstić information content (AvgIpc) is 2.99. The number of H-pyrrole nitrogens is 1. The van der Waals surface area contributed by atoms with E-state index in [1.54, 1.807) is 7.11 Å². The highest BCUT2D eigenvalue weighted by atomic mass is 16.5. The fourth-order valence-electron chi connectivity index (χ4n) is 3.90. The fourth-order valence-corrected chi connectivity index (χ4v) is 3.90. The maximum atomic E-state index is 12.7. The molecule has 0 spiro atoms. The summed E-state index contributed by atoms with van der Waals surface area (Å²) < 4.78 is 5.11. The Morgan fingerprint density at radius 1 is 1.24 bits per heavy atom. The van der Waals surface area contributed by atoms with Gasteiger partial charge in [0.1, 0.15) is 6.61 Å². The molecule has 2 aromatic carbocycles. The van der Waals surface area contributed by atoms with Gasteiger partial charge < -0.3 is 14.6 Å². The number of rotatable bonds is 3. The Morgan fingerprint density at radius 3 is 2.88 bits per heavy atom. The lowest BCUT2D eigenvalue weighted by Gasteiger charge is -2.36. The van der Waals surface area contributed by atoms with Gasteiger partial charge in [0.25, 0.3) is 0 Å². The zero-order valence-electron chi connectivity index (χ0n) is 14.6. The lowest BCUT2D eigenvalue weighted by Crippen LogP contribution is -2.42. The second-order valence-electron chi connectivity index (χ2n) is 6.65. The van der Waals surface area contributed by atoms with Crippen LogP contribution in [0.5, 0.6) is 0 Å². The SMILES string of the molecule is COCC(=O)N1CCc2c([nH]c3ccccc23)C1c1cccc(C)c1. The van der Waals surface area contributed by atoms with E-state index in [-0.39, 0.29) is 18.6 Å². The first kappa shape index (κ1) is 15.9. The van der Waals surface area contributed by atoms with Crippen LogP contribution in [0.2, 0.25) is 0 Å². The molecule has 4 heteroatoms. The van der Waals surface area contributed by atoms with Gasteiger partial charge >= 0.3 is 0 Å². The first-order valence-corrected chi connectivity index (χ1v) is 8.63. The molecule has 1 N–H and O–H groups in total. The van der Waals surface area contributed by atoms with Crippen molar-refractivity contribution in [2.45, 2.75) is 19.4 Å². The molecule has 0 saturated heterocycles. The number of aromatic amines is 1. The van der Waals surface area contributed by atoms with E-state index in [0.717, 1.165) is 23.2 Å². The van der Waals surface area contributed by atoms with Crippen molar-refractivity contribution in [3.63, 3.8) is 0 Å². The van der Waals surface area contributed by atoms with E-state index < -0.39 is 0 Å². The van der Waals surface area contributed by atoms with Crippen LogP contribution >= 0.6 is 0 Å². The fraction of sp³-hybridized carbons (Fsp3) is 0.286. The van der Waals surface area contributed by atoms with Gasteiger partial charge in [0.15, 0.2) is 0 Å². The first-order valence-electron chi connectivity index (χ1n) is 8.63. The van der Waals surface area contributed by atoms with Crippen molar-refractivity contribution < 1.29 is 9.53 Å². The molecule has 4 nitrogen and oxygen atoms in total. The molecule has 1 aromatic heterocycles. The molecule has 2 heterocycles. The summed E-state index contributed by atoms with van der Waals surface area (Å²) in [5, 5.41) is 1.26. The second-order valence-corrected chi connectivity index (χ2v) is 6.65. The van der Waals surface area contributed by atoms with Gasteiger partial charge in [-0.2, -0.15) is 0 Å². The molecule has 4 rings (SSSR count). The Balaban J connectivity index is 1.88. The molecule has 0 bridgehead atoms. The largest absolute Gasteiger partial charge is 0.375 e. The lowest BCUT2D eigenvalue weighted by atomic mass is 9.91.